The molecule has 0 aromatic heterocycles. The number of nitrogens with zero attached hydrogens (tertiary/aromatic N) is 2. The maximum Gasteiger partial charge on any atom is 0.0235 e. The quantitative estimate of drug-likeness (QED) is 0.700. The van der Waals surface area contributed by atoms with Crippen LogP contribution < -0.4 is 5.32 Å². The number of rotatable bonds is 7. The van der Waals surface area contributed by atoms with E-state index in [0.29, 0.717) is 12.1 Å². The molecule has 0 amide bonds. The van der Waals surface area contributed by atoms with Crippen molar-refractivity contribution in [2.24, 2.45) is 0 Å². The van der Waals surface area contributed by atoms with E-state index in [1.165, 1.54) is 31.6 Å². The molecule has 1 heterocycles. The Morgan fingerprint density at radius 3 is 2.67 bits per heavy atom. The van der Waals surface area contributed by atoms with Gasteiger partial charge in [0.15, 0.2) is 0 Å². The van der Waals surface area contributed by atoms with Crippen molar-refractivity contribution in [3.63, 3.8) is 0 Å². The predicted molar refractivity (Wildman–Crippen MR) is 80.0 cm³/mol. The maximum absolute atomic E-state index is 4.16. The molecule has 1 aliphatic heterocycles. The van der Waals surface area contributed by atoms with E-state index in [2.05, 4.69) is 49.6 Å². The Morgan fingerprint density at radius 1 is 1.33 bits per heavy atom. The molecule has 1 saturated heterocycles. The SMILES string of the molecule is C=C(CC)CC(CC1CN(C)CCN1C)NCC. The summed E-state index contributed by atoms with van der Waals surface area (Å²) in [5.74, 6) is 0. The molecule has 0 aliphatic carbocycles. The van der Waals surface area contributed by atoms with Crippen LogP contribution in [0.25, 0.3) is 0 Å². The van der Waals surface area contributed by atoms with Crippen molar-refractivity contribution in [1.82, 2.24) is 15.1 Å². The number of piperazine rings is 1. The zero-order chi connectivity index (χ0) is 13.5. The molecule has 18 heavy (non-hydrogen) atoms. The Hall–Kier alpha value is -0.380. The topological polar surface area (TPSA) is 18.5 Å². The maximum atomic E-state index is 4.16. The third-order valence-electron chi connectivity index (χ3n) is 4.06. The summed E-state index contributed by atoms with van der Waals surface area (Å²) in [7, 11) is 4.49. The van der Waals surface area contributed by atoms with E-state index in [1.807, 2.05) is 0 Å². The number of nitrogens with one attached hydrogen (secondary N) is 1. The molecule has 106 valence electrons. The molecule has 0 saturated carbocycles. The van der Waals surface area contributed by atoms with E-state index < -0.39 is 0 Å². The van der Waals surface area contributed by atoms with Gasteiger partial charge in [0.2, 0.25) is 0 Å². The second kappa shape index (κ2) is 7.93. The Morgan fingerprint density at radius 2 is 2.06 bits per heavy atom. The molecule has 1 rings (SSSR count). The summed E-state index contributed by atoms with van der Waals surface area (Å²) in [6.45, 7) is 13.2. The first-order chi connectivity index (χ1) is 8.56. The molecule has 2 unspecified atom stereocenters. The minimum absolute atomic E-state index is 0.585. The Bertz CT molecular complexity index is 252. The summed E-state index contributed by atoms with van der Waals surface area (Å²) in [6.07, 6.45) is 3.45. The average Bonchev–Trinajstić information content (AvgIpc) is 2.34. The van der Waals surface area contributed by atoms with E-state index in [0.717, 1.165) is 19.4 Å². The molecular weight excluding hydrogens is 222 g/mol. The lowest BCUT2D eigenvalue weighted by Gasteiger charge is -2.39. The van der Waals surface area contributed by atoms with Gasteiger partial charge < -0.3 is 15.1 Å². The van der Waals surface area contributed by atoms with Crippen molar-refractivity contribution >= 4 is 0 Å². The number of likely N-dealkylation sites (N-methyl/N-ethyl adjacent to an activating group) is 2. The molecule has 1 fully saturated rings. The monoisotopic (exact) mass is 253 g/mol. The van der Waals surface area contributed by atoms with E-state index in [4.69, 9.17) is 0 Å². The van der Waals surface area contributed by atoms with Crippen LogP contribution in [0.4, 0.5) is 0 Å². The normalized spacial score (nSPS) is 24.1. The van der Waals surface area contributed by atoms with E-state index in [9.17, 15) is 0 Å². The average molecular weight is 253 g/mol. The highest BCUT2D eigenvalue weighted by Crippen LogP contribution is 2.16. The van der Waals surface area contributed by atoms with Crippen molar-refractivity contribution in [3.05, 3.63) is 12.2 Å². The highest BCUT2D eigenvalue weighted by atomic mass is 15.3. The minimum Gasteiger partial charge on any atom is -0.314 e. The zero-order valence-corrected chi connectivity index (χ0v) is 12.7. The summed E-state index contributed by atoms with van der Waals surface area (Å²) in [6, 6.07) is 1.26. The molecule has 0 bridgehead atoms. The van der Waals surface area contributed by atoms with Crippen LogP contribution in [-0.2, 0) is 0 Å². The zero-order valence-electron chi connectivity index (χ0n) is 12.7. The van der Waals surface area contributed by atoms with Crippen molar-refractivity contribution in [1.29, 1.82) is 0 Å². The number of hydrogen-bond acceptors (Lipinski definition) is 3. The van der Waals surface area contributed by atoms with E-state index in [-0.39, 0.29) is 0 Å². The smallest absolute Gasteiger partial charge is 0.0235 e. The largest absolute Gasteiger partial charge is 0.314 e. The highest BCUT2D eigenvalue weighted by Gasteiger charge is 2.25. The summed E-state index contributed by atoms with van der Waals surface area (Å²) < 4.78 is 0. The van der Waals surface area contributed by atoms with E-state index in [1.54, 1.807) is 0 Å². The van der Waals surface area contributed by atoms with Crippen molar-refractivity contribution in [2.75, 3.05) is 40.3 Å². The summed E-state index contributed by atoms with van der Waals surface area (Å²) in [4.78, 5) is 4.96. The van der Waals surface area contributed by atoms with Gasteiger partial charge in [-0.3, -0.25) is 0 Å². The van der Waals surface area contributed by atoms with Gasteiger partial charge in [0, 0.05) is 31.7 Å². The van der Waals surface area contributed by atoms with Crippen LogP contribution in [0.3, 0.4) is 0 Å². The molecule has 0 aromatic carbocycles. The van der Waals surface area contributed by atoms with Crippen molar-refractivity contribution < 1.29 is 0 Å². The second-order valence-corrected chi connectivity index (χ2v) is 5.69. The van der Waals surface area contributed by atoms with Crippen LogP contribution >= 0.6 is 0 Å². The fraction of sp³-hybridized carbons (Fsp3) is 0.867. The Labute approximate surface area is 113 Å². The second-order valence-electron chi connectivity index (χ2n) is 5.69. The van der Waals surface area contributed by atoms with Gasteiger partial charge in [-0.05, 0) is 39.9 Å². The van der Waals surface area contributed by atoms with Gasteiger partial charge in [-0.15, -0.1) is 0 Å². The molecule has 2 atom stereocenters. The fourth-order valence-corrected chi connectivity index (χ4v) is 2.70. The molecule has 1 N–H and O–H groups in total. The first kappa shape index (κ1) is 15.7. The highest BCUT2D eigenvalue weighted by molar-refractivity contribution is 4.98. The molecule has 1 aliphatic rings. The number of hydrogen-bond donors (Lipinski definition) is 1. The predicted octanol–water partition coefficient (Wildman–Crippen LogP) is 1.96. The summed E-state index contributed by atoms with van der Waals surface area (Å²) in [5, 5.41) is 3.62. The van der Waals surface area contributed by atoms with Gasteiger partial charge in [0.1, 0.15) is 0 Å². The summed E-state index contributed by atoms with van der Waals surface area (Å²) >= 11 is 0. The fourth-order valence-electron chi connectivity index (χ4n) is 2.70. The third-order valence-corrected chi connectivity index (χ3v) is 4.06. The molecule has 0 spiro atoms. The molecular formula is C15H31N3. The van der Waals surface area contributed by atoms with Crippen LogP contribution in [0.2, 0.25) is 0 Å². The summed E-state index contributed by atoms with van der Waals surface area (Å²) in [5.41, 5.74) is 1.37. The van der Waals surface area contributed by atoms with Crippen LogP contribution in [-0.4, -0.2) is 62.2 Å². The Kier molecular flexibility index (Phi) is 6.90. The van der Waals surface area contributed by atoms with Gasteiger partial charge in [-0.1, -0.05) is 26.0 Å². The van der Waals surface area contributed by atoms with Gasteiger partial charge >= 0.3 is 0 Å². The van der Waals surface area contributed by atoms with Gasteiger partial charge in [-0.2, -0.15) is 0 Å². The third kappa shape index (κ3) is 5.09. The molecule has 0 radical (unpaired) electrons. The van der Waals surface area contributed by atoms with Gasteiger partial charge in [0.25, 0.3) is 0 Å². The van der Waals surface area contributed by atoms with E-state index >= 15 is 0 Å². The first-order valence-electron chi connectivity index (χ1n) is 7.35. The van der Waals surface area contributed by atoms with Crippen LogP contribution in [0.5, 0.6) is 0 Å². The lowest BCUT2D eigenvalue weighted by molar-refractivity contribution is 0.101. The van der Waals surface area contributed by atoms with Crippen LogP contribution in [0.1, 0.15) is 33.1 Å². The van der Waals surface area contributed by atoms with Crippen molar-refractivity contribution in [3.8, 4) is 0 Å². The molecule has 0 aromatic rings. The van der Waals surface area contributed by atoms with Gasteiger partial charge in [0.05, 0.1) is 0 Å². The first-order valence-corrected chi connectivity index (χ1v) is 7.35. The van der Waals surface area contributed by atoms with Crippen LogP contribution in [0, 0.1) is 0 Å². The van der Waals surface area contributed by atoms with Gasteiger partial charge in [-0.25, -0.2) is 0 Å². The Balaban J connectivity index is 2.50. The van der Waals surface area contributed by atoms with Crippen molar-refractivity contribution in [2.45, 2.75) is 45.2 Å². The van der Waals surface area contributed by atoms with Crippen LogP contribution in [0.15, 0.2) is 12.2 Å². The molecule has 3 heteroatoms. The standard InChI is InChI=1S/C15H31N3/c1-6-13(3)10-14(16-7-2)11-15-12-17(4)8-9-18(15)5/h14-16H,3,6-12H2,1-2,4-5H3. The lowest BCUT2D eigenvalue weighted by atomic mass is 9.97. The minimum atomic E-state index is 0.585. The molecule has 3 nitrogen and oxygen atoms in total. The lowest BCUT2D eigenvalue weighted by Crippen LogP contribution is -2.52.